The van der Waals surface area contributed by atoms with Crippen LogP contribution in [0.25, 0.3) is 11.1 Å². The molecule has 2 atom stereocenters. The Morgan fingerprint density at radius 3 is 1.71 bits per heavy atom. The Morgan fingerprint density at radius 2 is 1.24 bits per heavy atom. The highest BCUT2D eigenvalue weighted by atomic mass is 127. The Bertz CT molecular complexity index is 581. The molecule has 1 heterocycles. The minimum Gasteiger partial charge on any atom is -0.359 e. The Hall–Kier alpha value is -0.140. The van der Waals surface area contributed by atoms with Gasteiger partial charge in [0.25, 0.3) is 0 Å². The maximum atomic E-state index is 5.83. The molecule has 17 heavy (non-hydrogen) atoms. The summed E-state index contributed by atoms with van der Waals surface area (Å²) in [6.07, 6.45) is 0.593. The highest BCUT2D eigenvalue weighted by Crippen LogP contribution is 2.59. The van der Waals surface area contributed by atoms with Gasteiger partial charge in [-0.05, 0) is 91.7 Å². The molecule has 2 aromatic carbocycles. The zero-order valence-electron chi connectivity index (χ0n) is 8.78. The topological polar surface area (TPSA) is 12.5 Å². The van der Waals surface area contributed by atoms with Gasteiger partial charge in [0, 0.05) is 7.14 Å². The molecule has 4 rings (SSSR count). The van der Waals surface area contributed by atoms with Gasteiger partial charge in [0.05, 0.1) is 0 Å². The number of halogens is 2. The van der Waals surface area contributed by atoms with Crippen molar-refractivity contribution in [1.29, 1.82) is 0 Å². The van der Waals surface area contributed by atoms with E-state index in [4.69, 9.17) is 4.74 Å². The molecule has 1 fully saturated rings. The van der Waals surface area contributed by atoms with E-state index in [1.54, 1.807) is 0 Å². The van der Waals surface area contributed by atoms with Crippen LogP contribution < -0.4 is 0 Å². The van der Waals surface area contributed by atoms with Crippen LogP contribution in [-0.4, -0.2) is 0 Å². The van der Waals surface area contributed by atoms with E-state index < -0.39 is 0 Å². The Morgan fingerprint density at radius 1 is 0.765 bits per heavy atom. The average molecular weight is 446 g/mol. The third kappa shape index (κ3) is 1.58. The van der Waals surface area contributed by atoms with Crippen LogP contribution in [0.2, 0.25) is 0 Å². The molecule has 2 aromatic rings. The van der Waals surface area contributed by atoms with Crippen LogP contribution in [0.1, 0.15) is 23.3 Å². The number of hydrogen-bond donors (Lipinski definition) is 0. The normalized spacial score (nSPS) is 23.6. The van der Waals surface area contributed by atoms with Gasteiger partial charge in [-0.2, -0.15) is 0 Å². The lowest BCUT2D eigenvalue weighted by atomic mass is 9.86. The lowest BCUT2D eigenvalue weighted by molar-refractivity contribution is 0.380. The molecule has 0 aromatic heterocycles. The monoisotopic (exact) mass is 446 g/mol. The van der Waals surface area contributed by atoms with Crippen LogP contribution in [0.5, 0.6) is 0 Å². The fourth-order valence-corrected chi connectivity index (χ4v) is 3.64. The largest absolute Gasteiger partial charge is 0.359 e. The Kier molecular flexibility index (Phi) is 2.33. The van der Waals surface area contributed by atoms with E-state index in [1.807, 2.05) is 0 Å². The van der Waals surface area contributed by atoms with Gasteiger partial charge >= 0.3 is 0 Å². The second kappa shape index (κ2) is 3.68. The average Bonchev–Trinajstić information content (AvgIpc) is 3.09. The van der Waals surface area contributed by atoms with Gasteiger partial charge in [-0.25, -0.2) is 0 Å². The fourth-order valence-electron chi connectivity index (χ4n) is 2.61. The molecule has 1 aliphatic heterocycles. The lowest BCUT2D eigenvalue weighted by Gasteiger charge is -2.17. The lowest BCUT2D eigenvalue weighted by Crippen LogP contribution is -2.00. The van der Waals surface area contributed by atoms with E-state index in [1.165, 1.54) is 29.4 Å². The van der Waals surface area contributed by atoms with Crippen LogP contribution in [0, 0.1) is 7.14 Å². The van der Waals surface area contributed by atoms with E-state index in [2.05, 4.69) is 81.6 Å². The third-order valence-corrected chi connectivity index (χ3v) is 4.76. The van der Waals surface area contributed by atoms with E-state index in [0.29, 0.717) is 12.2 Å². The summed E-state index contributed by atoms with van der Waals surface area (Å²) in [4.78, 5) is 0. The quantitative estimate of drug-likeness (QED) is 0.423. The molecule has 1 nitrogen and oxygen atoms in total. The SMILES string of the molecule is Ic1ccc2c(c1)C1OC1c1cc(I)ccc1-2. The summed E-state index contributed by atoms with van der Waals surface area (Å²) in [6, 6.07) is 13.3. The van der Waals surface area contributed by atoms with Gasteiger partial charge in [-0.1, -0.05) is 12.1 Å². The first-order chi connectivity index (χ1) is 8.24. The standard InChI is InChI=1S/C14H8I2O/c15-7-1-3-9-10-4-2-8(16)6-12(10)14-13(17-14)11(9)5-7/h1-6,13-14H. The zero-order valence-corrected chi connectivity index (χ0v) is 13.1. The molecular formula is C14H8I2O. The number of fused-ring (bicyclic) bond motifs is 6. The molecule has 84 valence electrons. The summed E-state index contributed by atoms with van der Waals surface area (Å²) < 4.78 is 8.40. The minimum absolute atomic E-state index is 0.297. The molecule has 1 saturated heterocycles. The van der Waals surface area contributed by atoms with Crippen molar-refractivity contribution in [3.05, 3.63) is 54.7 Å². The zero-order chi connectivity index (χ0) is 11.6. The second-order valence-electron chi connectivity index (χ2n) is 4.44. The Balaban J connectivity index is 2.03. The van der Waals surface area contributed by atoms with Crippen molar-refractivity contribution < 1.29 is 4.74 Å². The predicted molar refractivity (Wildman–Crippen MR) is 83.9 cm³/mol. The molecule has 2 unspecified atom stereocenters. The van der Waals surface area contributed by atoms with Crippen LogP contribution in [0.4, 0.5) is 0 Å². The first kappa shape index (κ1) is 10.8. The first-order valence-corrected chi connectivity index (χ1v) is 7.64. The van der Waals surface area contributed by atoms with Crippen molar-refractivity contribution >= 4 is 45.2 Å². The van der Waals surface area contributed by atoms with Gasteiger partial charge in [-0.3, -0.25) is 0 Å². The molecule has 3 heteroatoms. The van der Waals surface area contributed by atoms with Crippen LogP contribution in [0.15, 0.2) is 36.4 Å². The maximum absolute atomic E-state index is 5.83. The van der Waals surface area contributed by atoms with Gasteiger partial charge in [0.2, 0.25) is 0 Å². The van der Waals surface area contributed by atoms with Crippen LogP contribution in [0.3, 0.4) is 0 Å². The number of epoxide rings is 1. The van der Waals surface area contributed by atoms with E-state index >= 15 is 0 Å². The fraction of sp³-hybridized carbons (Fsp3) is 0.143. The van der Waals surface area contributed by atoms with Crippen molar-refractivity contribution in [2.24, 2.45) is 0 Å². The van der Waals surface area contributed by atoms with Crippen LogP contribution >= 0.6 is 45.2 Å². The first-order valence-electron chi connectivity index (χ1n) is 5.49. The highest BCUT2D eigenvalue weighted by Gasteiger charge is 2.47. The molecule has 0 bridgehead atoms. The summed E-state index contributed by atoms with van der Waals surface area (Å²) in [5.41, 5.74) is 5.40. The number of ether oxygens (including phenoxy) is 1. The molecule has 0 radical (unpaired) electrons. The molecule has 2 aliphatic rings. The summed E-state index contributed by atoms with van der Waals surface area (Å²) in [5.74, 6) is 0. The maximum Gasteiger partial charge on any atom is 0.114 e. The Labute approximate surface area is 127 Å². The van der Waals surface area contributed by atoms with Crippen molar-refractivity contribution in [2.45, 2.75) is 12.2 Å². The van der Waals surface area contributed by atoms with E-state index in [9.17, 15) is 0 Å². The number of rotatable bonds is 0. The number of benzene rings is 2. The minimum atomic E-state index is 0.297. The van der Waals surface area contributed by atoms with Gasteiger partial charge in [0.1, 0.15) is 12.2 Å². The number of hydrogen-bond acceptors (Lipinski definition) is 1. The van der Waals surface area contributed by atoms with Gasteiger partial charge < -0.3 is 4.74 Å². The molecule has 0 amide bonds. The summed E-state index contributed by atoms with van der Waals surface area (Å²) in [5, 5.41) is 0. The second-order valence-corrected chi connectivity index (χ2v) is 6.93. The smallest absolute Gasteiger partial charge is 0.114 e. The summed E-state index contributed by atoms with van der Waals surface area (Å²) in [7, 11) is 0. The molecule has 1 aliphatic carbocycles. The predicted octanol–water partition coefficient (Wildman–Crippen LogP) is 4.69. The van der Waals surface area contributed by atoms with E-state index in [-0.39, 0.29) is 0 Å². The third-order valence-electron chi connectivity index (χ3n) is 3.42. The van der Waals surface area contributed by atoms with Crippen molar-refractivity contribution in [1.82, 2.24) is 0 Å². The summed E-state index contributed by atoms with van der Waals surface area (Å²) in [6.45, 7) is 0. The van der Waals surface area contributed by atoms with E-state index in [0.717, 1.165) is 0 Å². The molecule has 0 N–H and O–H groups in total. The molecule has 0 saturated carbocycles. The van der Waals surface area contributed by atoms with Crippen molar-refractivity contribution in [3.8, 4) is 11.1 Å². The molecule has 0 spiro atoms. The van der Waals surface area contributed by atoms with Crippen LogP contribution in [-0.2, 0) is 4.74 Å². The molecular weight excluding hydrogens is 438 g/mol. The van der Waals surface area contributed by atoms with Crippen molar-refractivity contribution in [2.75, 3.05) is 0 Å². The van der Waals surface area contributed by atoms with Gasteiger partial charge in [0.15, 0.2) is 0 Å². The van der Waals surface area contributed by atoms with Crippen molar-refractivity contribution in [3.63, 3.8) is 0 Å². The summed E-state index contributed by atoms with van der Waals surface area (Å²) >= 11 is 4.73. The van der Waals surface area contributed by atoms with Gasteiger partial charge in [-0.15, -0.1) is 0 Å². The highest BCUT2D eigenvalue weighted by molar-refractivity contribution is 14.1.